The highest BCUT2D eigenvalue weighted by Crippen LogP contribution is 2.24. The average molecular weight is 421 g/mol. The predicted octanol–water partition coefficient (Wildman–Crippen LogP) is 1.51. The number of hydrogen-bond donors (Lipinski definition) is 1. The number of nitrogens with zero attached hydrogens (tertiary/aromatic N) is 1. The van der Waals surface area contributed by atoms with E-state index >= 15 is 0 Å². The first-order valence-corrected chi connectivity index (χ1v) is 10.6. The summed E-state index contributed by atoms with van der Waals surface area (Å²) < 4.78 is 34.1. The minimum atomic E-state index is -3.20. The lowest BCUT2D eigenvalue weighted by Gasteiger charge is -2.37. The Hall–Kier alpha value is -1.35. The maximum absolute atomic E-state index is 12.7. The minimum absolute atomic E-state index is 0. The Bertz CT molecular complexity index is 703. The van der Waals surface area contributed by atoms with Crippen LogP contribution in [-0.4, -0.2) is 71.5 Å². The lowest BCUT2D eigenvalue weighted by atomic mass is 9.90. The van der Waals surface area contributed by atoms with Gasteiger partial charge in [0, 0.05) is 27.0 Å². The Morgan fingerprint density at radius 3 is 2.33 bits per heavy atom. The summed E-state index contributed by atoms with van der Waals surface area (Å²) in [5.41, 5.74) is -0.720. The van der Waals surface area contributed by atoms with E-state index in [1.54, 1.807) is 31.2 Å². The smallest absolute Gasteiger partial charge is 0.254 e. The van der Waals surface area contributed by atoms with Gasteiger partial charge >= 0.3 is 0 Å². The number of ether oxygens (including phenoxy) is 2. The maximum Gasteiger partial charge on any atom is 0.254 e. The lowest BCUT2D eigenvalue weighted by Crippen LogP contribution is -2.54. The van der Waals surface area contributed by atoms with E-state index in [1.807, 2.05) is 0 Å². The molecule has 1 heterocycles. The van der Waals surface area contributed by atoms with Crippen molar-refractivity contribution >= 4 is 28.2 Å². The second kappa shape index (κ2) is 10.3. The second-order valence-corrected chi connectivity index (χ2v) is 8.64. The molecule has 0 saturated carbocycles. The maximum atomic E-state index is 12.7. The number of carbonyl (C=O) groups is 1. The van der Waals surface area contributed by atoms with Gasteiger partial charge in [-0.05, 0) is 56.6 Å². The van der Waals surface area contributed by atoms with Gasteiger partial charge in [-0.3, -0.25) is 4.79 Å². The van der Waals surface area contributed by atoms with Crippen LogP contribution >= 0.6 is 12.4 Å². The second-order valence-electron chi connectivity index (χ2n) is 6.62. The third-order valence-corrected chi connectivity index (χ3v) is 5.83. The zero-order chi connectivity index (χ0) is 19.2. The minimum Gasteiger partial charge on any atom is -0.494 e. The molecule has 154 valence electrons. The predicted molar refractivity (Wildman–Crippen MR) is 106 cm³/mol. The van der Waals surface area contributed by atoms with Crippen molar-refractivity contribution < 1.29 is 22.7 Å². The van der Waals surface area contributed by atoms with E-state index in [0.717, 1.165) is 13.1 Å². The topological polar surface area (TPSA) is 84.9 Å². The summed E-state index contributed by atoms with van der Waals surface area (Å²) in [6.45, 7) is 2.57. The first-order chi connectivity index (χ1) is 12.3. The molecule has 1 fully saturated rings. The van der Waals surface area contributed by atoms with Gasteiger partial charge in [-0.15, -0.1) is 12.4 Å². The van der Waals surface area contributed by atoms with Gasteiger partial charge in [0.1, 0.15) is 11.4 Å². The molecule has 1 aromatic carbocycles. The van der Waals surface area contributed by atoms with Gasteiger partial charge in [0.05, 0.1) is 11.5 Å². The third kappa shape index (κ3) is 6.34. The molecular formula is C18H29ClN2O5S. The van der Waals surface area contributed by atoms with Gasteiger partial charge in [0.2, 0.25) is 0 Å². The third-order valence-electron chi connectivity index (χ3n) is 4.70. The van der Waals surface area contributed by atoms with Crippen LogP contribution < -0.4 is 10.1 Å². The van der Waals surface area contributed by atoms with E-state index in [1.165, 1.54) is 18.4 Å². The van der Waals surface area contributed by atoms with Crippen LogP contribution in [-0.2, 0) is 19.4 Å². The van der Waals surface area contributed by atoms with Crippen molar-refractivity contribution in [1.82, 2.24) is 10.2 Å². The number of amides is 1. The quantitative estimate of drug-likeness (QED) is 0.641. The fraction of sp³-hybridized carbons (Fsp3) is 0.611. The SMILES string of the molecule is COC1(C(=O)N(C)CCCOc2ccc(S(C)(=O)=O)cc2)CCNCC1.Cl. The zero-order valence-electron chi connectivity index (χ0n) is 16.1. The highest BCUT2D eigenvalue weighted by molar-refractivity contribution is 7.90. The van der Waals surface area contributed by atoms with Crippen molar-refractivity contribution in [3.05, 3.63) is 24.3 Å². The van der Waals surface area contributed by atoms with E-state index in [9.17, 15) is 13.2 Å². The molecule has 1 aromatic rings. The number of nitrogens with one attached hydrogen (secondary N) is 1. The Labute approximate surface area is 167 Å². The number of likely N-dealkylation sites (N-methyl/N-ethyl adjacent to an activating group) is 1. The molecule has 1 amide bonds. The molecule has 0 radical (unpaired) electrons. The Morgan fingerprint density at radius 2 is 1.81 bits per heavy atom. The highest BCUT2D eigenvalue weighted by Gasteiger charge is 2.41. The summed E-state index contributed by atoms with van der Waals surface area (Å²) in [4.78, 5) is 14.7. The highest BCUT2D eigenvalue weighted by atomic mass is 35.5. The molecular weight excluding hydrogens is 392 g/mol. The van der Waals surface area contributed by atoms with E-state index in [4.69, 9.17) is 9.47 Å². The average Bonchev–Trinajstić information content (AvgIpc) is 2.64. The number of benzene rings is 1. The standard InChI is InChI=1S/C18H28N2O5S.ClH/c1-20(17(21)18(24-2)9-11-19-12-10-18)13-4-14-25-15-5-7-16(8-6-15)26(3,22)23;/h5-8,19H,4,9-14H2,1-3H3;1H. The summed E-state index contributed by atoms with van der Waals surface area (Å²) in [6, 6.07) is 6.33. The van der Waals surface area contributed by atoms with Crippen molar-refractivity contribution in [2.45, 2.75) is 29.8 Å². The molecule has 2 rings (SSSR count). The number of sulfone groups is 1. The summed E-state index contributed by atoms with van der Waals surface area (Å²) in [5.74, 6) is 0.622. The first-order valence-electron chi connectivity index (χ1n) is 8.73. The number of rotatable bonds is 8. The molecule has 7 nitrogen and oxygen atoms in total. The fourth-order valence-electron chi connectivity index (χ4n) is 3.06. The van der Waals surface area contributed by atoms with Crippen LogP contribution in [0.2, 0.25) is 0 Å². The summed E-state index contributed by atoms with van der Waals surface area (Å²) >= 11 is 0. The molecule has 1 saturated heterocycles. The first kappa shape index (κ1) is 23.7. The molecule has 1 aliphatic heterocycles. The number of methoxy groups -OCH3 is 1. The van der Waals surface area contributed by atoms with Gasteiger partial charge in [-0.2, -0.15) is 0 Å². The summed E-state index contributed by atoms with van der Waals surface area (Å²) in [6.07, 6.45) is 3.20. The van der Waals surface area contributed by atoms with Gasteiger partial charge in [-0.1, -0.05) is 0 Å². The largest absolute Gasteiger partial charge is 0.494 e. The molecule has 0 bridgehead atoms. The molecule has 1 aliphatic rings. The van der Waals surface area contributed by atoms with Crippen molar-refractivity contribution in [3.63, 3.8) is 0 Å². The zero-order valence-corrected chi connectivity index (χ0v) is 17.7. The van der Waals surface area contributed by atoms with Crippen LogP contribution in [0.25, 0.3) is 0 Å². The van der Waals surface area contributed by atoms with Crippen molar-refractivity contribution in [2.24, 2.45) is 0 Å². The molecule has 0 atom stereocenters. The van der Waals surface area contributed by atoms with E-state index in [2.05, 4.69) is 5.32 Å². The fourth-order valence-corrected chi connectivity index (χ4v) is 3.69. The number of piperidine rings is 1. The molecule has 0 spiro atoms. The van der Waals surface area contributed by atoms with Crippen LogP contribution in [0.1, 0.15) is 19.3 Å². The Balaban J connectivity index is 0.00000364. The summed E-state index contributed by atoms with van der Waals surface area (Å²) in [5, 5.41) is 3.24. The molecule has 0 unspecified atom stereocenters. The number of carbonyl (C=O) groups excluding carboxylic acids is 1. The normalized spacial score (nSPS) is 16.3. The van der Waals surface area contributed by atoms with Crippen LogP contribution in [0.15, 0.2) is 29.2 Å². The molecule has 9 heteroatoms. The van der Waals surface area contributed by atoms with Gasteiger partial charge in [-0.25, -0.2) is 8.42 Å². The van der Waals surface area contributed by atoms with Crippen molar-refractivity contribution in [3.8, 4) is 5.75 Å². The Morgan fingerprint density at radius 1 is 1.22 bits per heavy atom. The van der Waals surface area contributed by atoms with Gasteiger partial charge in [0.15, 0.2) is 9.84 Å². The van der Waals surface area contributed by atoms with Crippen LogP contribution in [0.4, 0.5) is 0 Å². The molecule has 0 aliphatic carbocycles. The van der Waals surface area contributed by atoms with Crippen LogP contribution in [0, 0.1) is 0 Å². The molecule has 27 heavy (non-hydrogen) atoms. The lowest BCUT2D eigenvalue weighted by molar-refractivity contribution is -0.157. The summed E-state index contributed by atoms with van der Waals surface area (Å²) in [7, 11) is 0.181. The van der Waals surface area contributed by atoms with Crippen LogP contribution in [0.3, 0.4) is 0 Å². The van der Waals surface area contributed by atoms with Gasteiger partial charge in [0.25, 0.3) is 5.91 Å². The Kier molecular flexibility index (Phi) is 9.01. The van der Waals surface area contributed by atoms with Crippen molar-refractivity contribution in [1.29, 1.82) is 0 Å². The number of halogens is 1. The van der Waals surface area contributed by atoms with E-state index in [-0.39, 0.29) is 23.2 Å². The van der Waals surface area contributed by atoms with E-state index < -0.39 is 15.4 Å². The van der Waals surface area contributed by atoms with Crippen LogP contribution in [0.5, 0.6) is 5.75 Å². The van der Waals surface area contributed by atoms with E-state index in [0.29, 0.717) is 38.2 Å². The monoisotopic (exact) mass is 420 g/mol. The molecule has 1 N–H and O–H groups in total. The molecule has 0 aromatic heterocycles. The van der Waals surface area contributed by atoms with Gasteiger partial charge < -0.3 is 19.7 Å². The van der Waals surface area contributed by atoms with Crippen molar-refractivity contribution in [2.75, 3.05) is 46.7 Å². The number of hydrogen-bond acceptors (Lipinski definition) is 6.